The van der Waals surface area contributed by atoms with Gasteiger partial charge in [-0.15, -0.1) is 0 Å². The molecule has 0 fully saturated rings. The van der Waals surface area contributed by atoms with Crippen LogP contribution in [0.5, 0.6) is 17.2 Å². The van der Waals surface area contributed by atoms with Crippen LogP contribution in [-0.4, -0.2) is 49.9 Å². The van der Waals surface area contributed by atoms with Gasteiger partial charge in [-0.25, -0.2) is 4.99 Å². The van der Waals surface area contributed by atoms with Gasteiger partial charge >= 0.3 is 0 Å². The molecule has 238 valence electrons. The molecule has 1 heterocycles. The highest BCUT2D eigenvalue weighted by atomic mass is 79.9. The maximum atomic E-state index is 14.5. The summed E-state index contributed by atoms with van der Waals surface area (Å²) >= 11 is 3.69. The third kappa shape index (κ3) is 7.43. The zero-order valence-electron chi connectivity index (χ0n) is 25.8. The van der Waals surface area contributed by atoms with E-state index in [2.05, 4.69) is 21.2 Å². The molecule has 0 saturated heterocycles. The average molecular weight is 686 g/mol. The van der Waals surface area contributed by atoms with E-state index in [1.54, 1.807) is 14.2 Å². The van der Waals surface area contributed by atoms with E-state index in [1.807, 2.05) is 109 Å². The van der Waals surface area contributed by atoms with Gasteiger partial charge in [0.15, 0.2) is 23.1 Å². The molecule has 1 amide bonds. The Kier molecular flexibility index (Phi) is 11.1. The van der Waals surface area contributed by atoms with Crippen LogP contribution >= 0.6 is 15.9 Å². The fraction of sp³-hybridized carbons (Fsp3) is 0.243. The molecule has 46 heavy (non-hydrogen) atoms. The summed E-state index contributed by atoms with van der Waals surface area (Å²) in [6, 6.07) is 30.6. The fourth-order valence-electron chi connectivity index (χ4n) is 5.34. The lowest BCUT2D eigenvalue weighted by Crippen LogP contribution is -2.48. The highest BCUT2D eigenvalue weighted by Crippen LogP contribution is 2.45. The second kappa shape index (κ2) is 15.6. The lowest BCUT2D eigenvalue weighted by molar-refractivity contribution is -0.129. The first-order valence-electron chi connectivity index (χ1n) is 15.0. The summed E-state index contributed by atoms with van der Waals surface area (Å²) in [6.07, 6.45) is 4.02. The summed E-state index contributed by atoms with van der Waals surface area (Å²) in [6.45, 7) is 0.663. The number of amides is 1. The van der Waals surface area contributed by atoms with Gasteiger partial charge in [0.2, 0.25) is 5.90 Å². The van der Waals surface area contributed by atoms with Gasteiger partial charge in [0.25, 0.3) is 5.91 Å². The number of methoxy groups -OCH3 is 2. The van der Waals surface area contributed by atoms with Gasteiger partial charge in [-0.1, -0.05) is 88.7 Å². The van der Waals surface area contributed by atoms with Crippen molar-refractivity contribution in [3.8, 4) is 17.2 Å². The predicted molar refractivity (Wildman–Crippen MR) is 182 cm³/mol. The summed E-state index contributed by atoms with van der Waals surface area (Å²) in [4.78, 5) is 19.6. The molecule has 0 aromatic heterocycles. The Hall–Kier alpha value is -4.60. The van der Waals surface area contributed by atoms with Crippen LogP contribution in [0.15, 0.2) is 113 Å². The van der Waals surface area contributed by atoms with Gasteiger partial charge in [0.1, 0.15) is 5.75 Å². The van der Waals surface area contributed by atoms with Crippen molar-refractivity contribution in [2.24, 2.45) is 4.99 Å². The second-order valence-corrected chi connectivity index (χ2v) is 11.5. The van der Waals surface area contributed by atoms with E-state index in [-0.39, 0.29) is 25.5 Å². The number of hydrogen-bond acceptors (Lipinski definition) is 7. The van der Waals surface area contributed by atoms with Gasteiger partial charge in [-0.3, -0.25) is 4.79 Å². The molecule has 0 aliphatic carbocycles. The Morgan fingerprint density at radius 1 is 0.978 bits per heavy atom. The lowest BCUT2D eigenvalue weighted by atomic mass is 9.84. The Morgan fingerprint density at radius 3 is 2.46 bits per heavy atom. The third-order valence-electron chi connectivity index (χ3n) is 7.68. The molecule has 1 aliphatic heterocycles. The van der Waals surface area contributed by atoms with Crippen LogP contribution in [0.1, 0.15) is 41.2 Å². The minimum atomic E-state index is -1.35. The quantitative estimate of drug-likeness (QED) is 0.140. The monoisotopic (exact) mass is 684 g/mol. The number of halogens is 1. The van der Waals surface area contributed by atoms with E-state index in [1.165, 1.54) is 0 Å². The molecule has 2 atom stereocenters. The van der Waals surface area contributed by atoms with E-state index in [9.17, 15) is 4.79 Å². The first-order chi connectivity index (χ1) is 22.5. The highest BCUT2D eigenvalue weighted by Gasteiger charge is 2.53. The highest BCUT2D eigenvalue weighted by molar-refractivity contribution is 9.10. The molecule has 0 radical (unpaired) electrons. The molecule has 2 N–H and O–H groups in total. The van der Waals surface area contributed by atoms with Crippen LogP contribution in [0, 0.1) is 0 Å². The van der Waals surface area contributed by atoms with Crippen LogP contribution in [0.3, 0.4) is 0 Å². The number of hydrogen-bond donors (Lipinski definition) is 2. The van der Waals surface area contributed by atoms with E-state index in [0.29, 0.717) is 41.7 Å². The van der Waals surface area contributed by atoms with Crippen LogP contribution < -0.4 is 19.5 Å². The molecule has 5 rings (SSSR count). The van der Waals surface area contributed by atoms with E-state index < -0.39 is 11.6 Å². The molecule has 4 aromatic carbocycles. The Morgan fingerprint density at radius 2 is 1.74 bits per heavy atom. The Bertz CT molecular complexity index is 1680. The minimum absolute atomic E-state index is 0.0621. The number of carbonyl (C=O) groups excluding carboxylic acids is 1. The summed E-state index contributed by atoms with van der Waals surface area (Å²) in [5.41, 5.74) is 1.93. The number of para-hydroxylation sites is 1. The van der Waals surface area contributed by atoms with Gasteiger partial charge in [0, 0.05) is 47.2 Å². The number of rotatable bonds is 14. The van der Waals surface area contributed by atoms with E-state index >= 15 is 0 Å². The van der Waals surface area contributed by atoms with Gasteiger partial charge in [0.05, 0.1) is 20.8 Å². The van der Waals surface area contributed by atoms with Crippen LogP contribution in [-0.2, 0) is 16.1 Å². The number of nitrogens with one attached hydrogen (secondary N) is 1. The molecule has 0 spiro atoms. The predicted octanol–water partition coefficient (Wildman–Crippen LogP) is 6.90. The Balaban J connectivity index is 1.55. The van der Waals surface area contributed by atoms with Crippen molar-refractivity contribution in [3.63, 3.8) is 0 Å². The topological polar surface area (TPSA) is 98.6 Å². The van der Waals surface area contributed by atoms with Crippen molar-refractivity contribution in [3.05, 3.63) is 130 Å². The van der Waals surface area contributed by atoms with Crippen molar-refractivity contribution < 1.29 is 28.8 Å². The molecular formula is C37H37BrN2O6. The second-order valence-electron chi connectivity index (χ2n) is 10.7. The van der Waals surface area contributed by atoms with Crippen molar-refractivity contribution in [2.75, 3.05) is 27.4 Å². The zero-order chi connectivity index (χ0) is 32.4. The molecule has 8 nitrogen and oxygen atoms in total. The number of nitrogens with zero attached hydrogens (tertiary/aromatic N) is 1. The maximum Gasteiger partial charge on any atom is 0.252 e. The van der Waals surface area contributed by atoms with Crippen LogP contribution in [0.25, 0.3) is 6.08 Å². The first-order valence-corrected chi connectivity index (χ1v) is 15.8. The van der Waals surface area contributed by atoms with E-state index in [4.69, 9.17) is 29.0 Å². The summed E-state index contributed by atoms with van der Waals surface area (Å²) in [7, 11) is 3.16. The smallest absolute Gasteiger partial charge is 0.252 e. The molecule has 1 aliphatic rings. The lowest BCUT2D eigenvalue weighted by Gasteiger charge is -2.30. The largest absolute Gasteiger partial charge is 0.494 e. The van der Waals surface area contributed by atoms with Crippen LogP contribution in [0.4, 0.5) is 0 Å². The standard InChI is InChI=1S/C37H37BrN2O6/c1-43-32-17-8-14-28(33(32)44-2)25-39-36(42)37(22-9-13-26-11-4-3-5-12-26)34(30-15-6-7-16-31(30)38)46-35(40-37)27-18-20-29(21-19-27)45-24-10-23-41/h3-9,11-21,34,41H,10,22-25H2,1-2H3,(H,39,42)/b13-9+/t34-,37-/m1/s1. The number of ether oxygens (including phenoxy) is 4. The first kappa shape index (κ1) is 32.8. The zero-order valence-corrected chi connectivity index (χ0v) is 27.4. The summed E-state index contributed by atoms with van der Waals surface area (Å²) < 4.78 is 24.2. The molecule has 0 bridgehead atoms. The fourth-order valence-corrected chi connectivity index (χ4v) is 5.83. The summed E-state index contributed by atoms with van der Waals surface area (Å²) in [5.74, 6) is 1.85. The number of aliphatic hydroxyl groups excluding tert-OH is 1. The van der Waals surface area contributed by atoms with Crippen molar-refractivity contribution >= 4 is 33.8 Å². The molecule has 4 aromatic rings. The third-order valence-corrected chi connectivity index (χ3v) is 8.40. The minimum Gasteiger partial charge on any atom is -0.494 e. The molecule has 0 saturated carbocycles. The normalized spacial score (nSPS) is 17.3. The number of carbonyl (C=O) groups is 1. The SMILES string of the molecule is COc1cccc(CNC(=O)[C@]2(C/C=C/c3ccccc3)N=C(c3ccc(OCCCO)cc3)O[C@@H]2c2ccccc2Br)c1OC. The van der Waals surface area contributed by atoms with Crippen LogP contribution in [0.2, 0.25) is 0 Å². The number of benzene rings is 4. The number of aliphatic hydroxyl groups is 1. The molecular weight excluding hydrogens is 648 g/mol. The summed E-state index contributed by atoms with van der Waals surface area (Å²) in [5, 5.41) is 12.2. The Labute approximate surface area is 277 Å². The molecule has 9 heteroatoms. The van der Waals surface area contributed by atoms with Crippen molar-refractivity contribution in [1.29, 1.82) is 0 Å². The van der Waals surface area contributed by atoms with Crippen molar-refractivity contribution in [2.45, 2.75) is 31.0 Å². The van der Waals surface area contributed by atoms with E-state index in [0.717, 1.165) is 21.2 Å². The van der Waals surface area contributed by atoms with Crippen molar-refractivity contribution in [1.82, 2.24) is 5.32 Å². The average Bonchev–Trinajstić information content (AvgIpc) is 3.48. The molecule has 0 unspecified atom stereocenters. The van der Waals surface area contributed by atoms with Gasteiger partial charge in [-0.2, -0.15) is 0 Å². The van der Waals surface area contributed by atoms with Gasteiger partial charge in [-0.05, 0) is 42.0 Å². The number of aliphatic imine (C=N–C) groups is 1. The van der Waals surface area contributed by atoms with Gasteiger partial charge < -0.3 is 29.4 Å². The maximum absolute atomic E-state index is 14.5.